The van der Waals surface area contributed by atoms with Crippen LogP contribution in [0.4, 0.5) is 0 Å². The van der Waals surface area contributed by atoms with Gasteiger partial charge in [0.1, 0.15) is 6.10 Å². The largest absolute Gasteiger partial charge is 0.373 e. The lowest BCUT2D eigenvalue weighted by Crippen LogP contribution is -2.09. The SMILES string of the molecule is CCCC(OC)c1noc([C@@H]2CNC[C@H]2C)n1. The smallest absolute Gasteiger partial charge is 0.231 e. The molecular formula is C12H21N3O2. The second-order valence-corrected chi connectivity index (χ2v) is 4.75. The van der Waals surface area contributed by atoms with Crippen molar-refractivity contribution in [3.63, 3.8) is 0 Å². The molecule has 5 nitrogen and oxygen atoms in total. The topological polar surface area (TPSA) is 60.2 Å². The molecule has 17 heavy (non-hydrogen) atoms. The van der Waals surface area contributed by atoms with Gasteiger partial charge in [-0.2, -0.15) is 4.98 Å². The average Bonchev–Trinajstić information content (AvgIpc) is 2.94. The zero-order chi connectivity index (χ0) is 12.3. The number of ether oxygens (including phenoxy) is 1. The third kappa shape index (κ3) is 2.66. The lowest BCUT2D eigenvalue weighted by molar-refractivity contribution is 0.0854. The van der Waals surface area contributed by atoms with Crippen molar-refractivity contribution in [1.29, 1.82) is 0 Å². The van der Waals surface area contributed by atoms with Gasteiger partial charge < -0.3 is 14.6 Å². The number of nitrogens with one attached hydrogen (secondary N) is 1. The number of hydrogen-bond acceptors (Lipinski definition) is 5. The van der Waals surface area contributed by atoms with Gasteiger partial charge in [0, 0.05) is 13.7 Å². The Bertz CT molecular complexity index is 353. The normalized spacial score (nSPS) is 26.3. The highest BCUT2D eigenvalue weighted by atomic mass is 16.5. The van der Waals surface area contributed by atoms with Crippen molar-refractivity contribution < 1.29 is 9.26 Å². The van der Waals surface area contributed by atoms with Crippen LogP contribution in [0.15, 0.2) is 4.52 Å². The number of nitrogens with zero attached hydrogens (tertiary/aromatic N) is 2. The van der Waals surface area contributed by atoms with Gasteiger partial charge in [-0.15, -0.1) is 0 Å². The minimum absolute atomic E-state index is 0.0397. The van der Waals surface area contributed by atoms with Crippen molar-refractivity contribution in [2.45, 2.75) is 38.7 Å². The van der Waals surface area contributed by atoms with Crippen LogP contribution in [-0.2, 0) is 4.74 Å². The molecule has 5 heteroatoms. The van der Waals surface area contributed by atoms with Gasteiger partial charge in [-0.25, -0.2) is 0 Å². The summed E-state index contributed by atoms with van der Waals surface area (Å²) in [5.74, 6) is 2.32. The maximum absolute atomic E-state index is 5.38. The molecule has 1 aromatic rings. The highest BCUT2D eigenvalue weighted by Gasteiger charge is 2.30. The van der Waals surface area contributed by atoms with Gasteiger partial charge in [-0.1, -0.05) is 25.4 Å². The van der Waals surface area contributed by atoms with E-state index in [0.29, 0.717) is 17.7 Å². The summed E-state index contributed by atoms with van der Waals surface area (Å²) < 4.78 is 10.7. The number of hydrogen-bond donors (Lipinski definition) is 1. The third-order valence-corrected chi connectivity index (χ3v) is 3.42. The number of rotatable bonds is 5. The Morgan fingerprint density at radius 3 is 2.94 bits per heavy atom. The third-order valence-electron chi connectivity index (χ3n) is 3.42. The van der Waals surface area contributed by atoms with Crippen LogP contribution in [0.1, 0.15) is 50.4 Å². The number of methoxy groups -OCH3 is 1. The Labute approximate surface area is 102 Å². The van der Waals surface area contributed by atoms with Crippen molar-refractivity contribution in [1.82, 2.24) is 15.5 Å². The summed E-state index contributed by atoms with van der Waals surface area (Å²) in [6.07, 6.45) is 1.93. The van der Waals surface area contributed by atoms with Crippen LogP contribution in [0, 0.1) is 5.92 Å². The molecule has 3 atom stereocenters. The van der Waals surface area contributed by atoms with Crippen molar-refractivity contribution in [3.05, 3.63) is 11.7 Å². The quantitative estimate of drug-likeness (QED) is 0.850. The zero-order valence-corrected chi connectivity index (χ0v) is 10.8. The molecule has 1 fully saturated rings. The Kier molecular flexibility index (Phi) is 4.12. The first-order chi connectivity index (χ1) is 8.26. The van der Waals surface area contributed by atoms with E-state index in [1.807, 2.05) is 0 Å². The second kappa shape index (κ2) is 5.60. The summed E-state index contributed by atoms with van der Waals surface area (Å²) in [5, 5.41) is 7.39. The molecule has 1 saturated heterocycles. The fourth-order valence-corrected chi connectivity index (χ4v) is 2.28. The first-order valence-electron chi connectivity index (χ1n) is 6.33. The maximum Gasteiger partial charge on any atom is 0.231 e. The summed E-state index contributed by atoms with van der Waals surface area (Å²) in [6, 6.07) is 0. The molecule has 1 aliphatic heterocycles. The molecule has 0 saturated carbocycles. The Hall–Kier alpha value is -0.940. The molecule has 1 aliphatic rings. The van der Waals surface area contributed by atoms with Crippen LogP contribution in [0.2, 0.25) is 0 Å². The first kappa shape index (κ1) is 12.5. The van der Waals surface area contributed by atoms with E-state index >= 15 is 0 Å². The lowest BCUT2D eigenvalue weighted by atomic mass is 9.98. The molecule has 0 amide bonds. The molecule has 1 aromatic heterocycles. The standard InChI is InChI=1S/C12H21N3O2/c1-4-5-10(16-3)11-14-12(17-15-11)9-7-13-6-8(9)2/h8-10,13H,4-7H2,1-3H3/t8-,9-,10?/m1/s1. The Morgan fingerprint density at radius 1 is 1.53 bits per heavy atom. The van der Waals surface area contributed by atoms with Crippen LogP contribution in [0.25, 0.3) is 0 Å². The molecule has 1 unspecified atom stereocenters. The fraction of sp³-hybridized carbons (Fsp3) is 0.833. The molecule has 0 radical (unpaired) electrons. The Morgan fingerprint density at radius 2 is 2.35 bits per heavy atom. The summed E-state index contributed by atoms with van der Waals surface area (Å²) in [5.41, 5.74) is 0. The minimum atomic E-state index is -0.0397. The molecule has 0 spiro atoms. The second-order valence-electron chi connectivity index (χ2n) is 4.75. The van der Waals surface area contributed by atoms with Crippen LogP contribution in [0.3, 0.4) is 0 Å². The zero-order valence-electron chi connectivity index (χ0n) is 10.8. The maximum atomic E-state index is 5.38. The van der Waals surface area contributed by atoms with Gasteiger partial charge in [-0.3, -0.25) is 0 Å². The van der Waals surface area contributed by atoms with Crippen LogP contribution in [0.5, 0.6) is 0 Å². The molecular weight excluding hydrogens is 218 g/mol. The van der Waals surface area contributed by atoms with Gasteiger partial charge in [0.05, 0.1) is 5.92 Å². The molecule has 2 rings (SSSR count). The van der Waals surface area contributed by atoms with Crippen LogP contribution >= 0.6 is 0 Å². The van der Waals surface area contributed by atoms with Gasteiger partial charge >= 0.3 is 0 Å². The van der Waals surface area contributed by atoms with Gasteiger partial charge in [0.25, 0.3) is 0 Å². The highest BCUT2D eigenvalue weighted by Crippen LogP contribution is 2.28. The molecule has 0 bridgehead atoms. The van der Waals surface area contributed by atoms with E-state index in [-0.39, 0.29) is 6.10 Å². The van der Waals surface area contributed by atoms with Gasteiger partial charge in [-0.05, 0) is 18.9 Å². The van der Waals surface area contributed by atoms with Crippen LogP contribution in [-0.4, -0.2) is 30.3 Å². The van der Waals surface area contributed by atoms with Gasteiger partial charge in [0.2, 0.25) is 11.7 Å². The molecule has 0 aromatic carbocycles. The predicted molar refractivity (Wildman–Crippen MR) is 63.7 cm³/mol. The van der Waals surface area contributed by atoms with Crippen LogP contribution < -0.4 is 5.32 Å². The minimum Gasteiger partial charge on any atom is -0.373 e. The fourth-order valence-electron chi connectivity index (χ4n) is 2.28. The lowest BCUT2D eigenvalue weighted by Gasteiger charge is -2.09. The summed E-state index contributed by atoms with van der Waals surface area (Å²) in [4.78, 5) is 4.49. The number of aromatic nitrogens is 2. The van der Waals surface area contributed by atoms with Crippen molar-refractivity contribution in [2.75, 3.05) is 20.2 Å². The van der Waals surface area contributed by atoms with E-state index in [0.717, 1.165) is 31.8 Å². The molecule has 0 aliphatic carbocycles. The highest BCUT2D eigenvalue weighted by molar-refractivity contribution is 5.02. The summed E-state index contributed by atoms with van der Waals surface area (Å²) in [7, 11) is 1.69. The van der Waals surface area contributed by atoms with E-state index < -0.39 is 0 Å². The van der Waals surface area contributed by atoms with E-state index in [4.69, 9.17) is 9.26 Å². The molecule has 96 valence electrons. The molecule has 2 heterocycles. The van der Waals surface area contributed by atoms with E-state index in [1.165, 1.54) is 0 Å². The van der Waals surface area contributed by atoms with E-state index in [2.05, 4.69) is 29.3 Å². The average molecular weight is 239 g/mol. The Balaban J connectivity index is 2.09. The summed E-state index contributed by atoms with van der Waals surface area (Å²) >= 11 is 0. The first-order valence-corrected chi connectivity index (χ1v) is 6.33. The summed E-state index contributed by atoms with van der Waals surface area (Å²) in [6.45, 7) is 6.27. The van der Waals surface area contributed by atoms with Crippen molar-refractivity contribution in [2.24, 2.45) is 5.92 Å². The van der Waals surface area contributed by atoms with Crippen molar-refractivity contribution in [3.8, 4) is 0 Å². The van der Waals surface area contributed by atoms with E-state index in [1.54, 1.807) is 7.11 Å². The monoisotopic (exact) mass is 239 g/mol. The van der Waals surface area contributed by atoms with E-state index in [9.17, 15) is 0 Å². The predicted octanol–water partition coefficient (Wildman–Crippen LogP) is 1.88. The molecule has 1 N–H and O–H groups in total. The van der Waals surface area contributed by atoms with Gasteiger partial charge in [0.15, 0.2) is 0 Å². The van der Waals surface area contributed by atoms with Crippen molar-refractivity contribution >= 4 is 0 Å².